The number of nitrogens with zero attached hydrogens (tertiary/aromatic N) is 1. The molecule has 0 spiro atoms. The third-order valence-corrected chi connectivity index (χ3v) is 3.48. The lowest BCUT2D eigenvalue weighted by Crippen LogP contribution is -2.33. The molecule has 1 fully saturated rings. The molecule has 20 heavy (non-hydrogen) atoms. The summed E-state index contributed by atoms with van der Waals surface area (Å²) in [6, 6.07) is 9.30. The predicted molar refractivity (Wildman–Crippen MR) is 70.8 cm³/mol. The first-order valence-electron chi connectivity index (χ1n) is 6.54. The number of hydrogen-bond acceptors (Lipinski definition) is 5. The van der Waals surface area contributed by atoms with Crippen LogP contribution in [0.5, 0.6) is 0 Å². The maximum atomic E-state index is 11.9. The van der Waals surface area contributed by atoms with Gasteiger partial charge in [-0.2, -0.15) is 0 Å². The Kier molecular flexibility index (Phi) is 4.94. The normalized spacial score (nSPS) is 23.6. The highest BCUT2D eigenvalue weighted by Crippen LogP contribution is 2.21. The van der Waals surface area contributed by atoms with Gasteiger partial charge < -0.3 is 25.0 Å². The summed E-state index contributed by atoms with van der Waals surface area (Å²) in [7, 11) is 0. The van der Waals surface area contributed by atoms with Crippen molar-refractivity contribution in [3.63, 3.8) is 0 Å². The first kappa shape index (κ1) is 14.8. The number of carbonyl (C=O) groups is 1. The Labute approximate surface area is 117 Å². The monoisotopic (exact) mass is 281 g/mol. The smallest absolute Gasteiger partial charge is 0.410 e. The molecule has 0 radical (unpaired) electrons. The third-order valence-electron chi connectivity index (χ3n) is 3.48. The lowest BCUT2D eigenvalue weighted by Gasteiger charge is -2.18. The van der Waals surface area contributed by atoms with Gasteiger partial charge in [0.1, 0.15) is 6.61 Å². The van der Waals surface area contributed by atoms with E-state index < -0.39 is 30.8 Å². The molecule has 3 N–H and O–H groups in total. The van der Waals surface area contributed by atoms with Crippen LogP contribution in [0.25, 0.3) is 0 Å². The topological polar surface area (TPSA) is 90.2 Å². The van der Waals surface area contributed by atoms with Gasteiger partial charge in [-0.25, -0.2) is 4.79 Å². The minimum absolute atomic E-state index is 0.106. The number of likely N-dealkylation sites (tertiary alicyclic amines) is 1. The SMILES string of the molecule is O=C(OCc1ccccc1)N1C[C@@H](O)[C@H](C(O)CO)C1. The van der Waals surface area contributed by atoms with Crippen molar-refractivity contribution in [1.82, 2.24) is 4.90 Å². The Morgan fingerprint density at radius 2 is 2.05 bits per heavy atom. The molecule has 2 rings (SSSR count). The molecule has 0 aromatic heterocycles. The molecule has 1 saturated heterocycles. The van der Waals surface area contributed by atoms with Crippen LogP contribution in [0.15, 0.2) is 30.3 Å². The lowest BCUT2D eigenvalue weighted by molar-refractivity contribution is 0.00677. The largest absolute Gasteiger partial charge is 0.445 e. The van der Waals surface area contributed by atoms with Crippen LogP contribution in [-0.4, -0.2) is 58.2 Å². The molecule has 1 unspecified atom stereocenters. The van der Waals surface area contributed by atoms with E-state index in [4.69, 9.17) is 9.84 Å². The van der Waals surface area contributed by atoms with E-state index in [2.05, 4.69) is 0 Å². The van der Waals surface area contributed by atoms with Crippen LogP contribution in [0.4, 0.5) is 4.79 Å². The minimum atomic E-state index is -1.03. The maximum Gasteiger partial charge on any atom is 0.410 e. The Bertz CT molecular complexity index is 438. The fraction of sp³-hybridized carbons (Fsp3) is 0.500. The third kappa shape index (κ3) is 3.47. The number of β-amino-alcohol motifs (C(OH)–C–C–N with tert-alkyl or cyclic N) is 1. The Morgan fingerprint density at radius 3 is 2.70 bits per heavy atom. The number of hydrogen-bond donors (Lipinski definition) is 3. The van der Waals surface area contributed by atoms with Crippen molar-refractivity contribution in [2.24, 2.45) is 5.92 Å². The fourth-order valence-corrected chi connectivity index (χ4v) is 2.29. The van der Waals surface area contributed by atoms with E-state index in [1.165, 1.54) is 4.90 Å². The number of rotatable bonds is 4. The van der Waals surface area contributed by atoms with Gasteiger partial charge in [0.25, 0.3) is 0 Å². The fourth-order valence-electron chi connectivity index (χ4n) is 2.29. The van der Waals surface area contributed by atoms with Crippen LogP contribution < -0.4 is 0 Å². The molecule has 1 aliphatic rings. The van der Waals surface area contributed by atoms with Gasteiger partial charge in [0.05, 0.1) is 25.4 Å². The van der Waals surface area contributed by atoms with Crippen molar-refractivity contribution in [1.29, 1.82) is 0 Å². The molecule has 1 aromatic rings. The molecule has 1 aliphatic heterocycles. The van der Waals surface area contributed by atoms with Gasteiger partial charge in [-0.05, 0) is 5.56 Å². The number of aliphatic hydroxyl groups excluding tert-OH is 3. The highest BCUT2D eigenvalue weighted by Gasteiger charge is 2.38. The van der Waals surface area contributed by atoms with E-state index >= 15 is 0 Å². The molecular weight excluding hydrogens is 262 g/mol. The summed E-state index contributed by atoms with van der Waals surface area (Å²) < 4.78 is 5.15. The lowest BCUT2D eigenvalue weighted by atomic mass is 10.00. The van der Waals surface area contributed by atoms with Gasteiger partial charge >= 0.3 is 6.09 Å². The molecule has 0 aliphatic carbocycles. The molecule has 1 amide bonds. The van der Waals surface area contributed by atoms with Gasteiger partial charge in [-0.3, -0.25) is 0 Å². The van der Waals surface area contributed by atoms with Crippen LogP contribution >= 0.6 is 0 Å². The molecule has 6 nitrogen and oxygen atoms in total. The van der Waals surface area contributed by atoms with Crippen molar-refractivity contribution in [3.05, 3.63) is 35.9 Å². The van der Waals surface area contributed by atoms with Gasteiger partial charge in [-0.1, -0.05) is 30.3 Å². The predicted octanol–water partition coefficient (Wildman–Crippen LogP) is -0.0309. The average molecular weight is 281 g/mol. The highest BCUT2D eigenvalue weighted by molar-refractivity contribution is 5.68. The quantitative estimate of drug-likeness (QED) is 0.721. The number of benzene rings is 1. The van der Waals surface area contributed by atoms with Gasteiger partial charge in [0.15, 0.2) is 0 Å². The second-order valence-electron chi connectivity index (χ2n) is 4.93. The molecule has 6 heteroatoms. The summed E-state index contributed by atoms with van der Waals surface area (Å²) in [5.74, 6) is -0.538. The molecule has 3 atom stereocenters. The van der Waals surface area contributed by atoms with E-state index in [0.29, 0.717) is 0 Å². The van der Waals surface area contributed by atoms with E-state index in [9.17, 15) is 15.0 Å². The summed E-state index contributed by atoms with van der Waals surface area (Å²) in [6.07, 6.45) is -2.40. The summed E-state index contributed by atoms with van der Waals surface area (Å²) >= 11 is 0. The van der Waals surface area contributed by atoms with E-state index in [1.54, 1.807) is 0 Å². The summed E-state index contributed by atoms with van der Waals surface area (Å²) in [4.78, 5) is 13.2. The molecular formula is C14H19NO5. The number of carbonyl (C=O) groups excluding carboxylic acids is 1. The highest BCUT2D eigenvalue weighted by atomic mass is 16.6. The van der Waals surface area contributed by atoms with Crippen LogP contribution in [-0.2, 0) is 11.3 Å². The summed E-state index contributed by atoms with van der Waals surface area (Å²) in [6.45, 7) is 0.0139. The number of ether oxygens (including phenoxy) is 1. The summed E-state index contributed by atoms with van der Waals surface area (Å²) in [5.41, 5.74) is 0.882. The maximum absolute atomic E-state index is 11.9. The zero-order valence-corrected chi connectivity index (χ0v) is 11.1. The Balaban J connectivity index is 1.85. The van der Waals surface area contributed by atoms with E-state index in [0.717, 1.165) is 5.56 Å². The average Bonchev–Trinajstić information content (AvgIpc) is 2.87. The zero-order chi connectivity index (χ0) is 14.5. The van der Waals surface area contributed by atoms with Crippen LogP contribution in [0.3, 0.4) is 0 Å². The second-order valence-corrected chi connectivity index (χ2v) is 4.93. The van der Waals surface area contributed by atoms with Gasteiger partial charge in [0, 0.05) is 12.5 Å². The molecule has 0 bridgehead atoms. The summed E-state index contributed by atoms with van der Waals surface area (Å²) in [5, 5.41) is 28.2. The molecule has 110 valence electrons. The van der Waals surface area contributed by atoms with E-state index in [-0.39, 0.29) is 19.7 Å². The molecule has 0 saturated carbocycles. The zero-order valence-electron chi connectivity index (χ0n) is 11.1. The minimum Gasteiger partial charge on any atom is -0.445 e. The molecule has 1 aromatic carbocycles. The standard InChI is InChI=1S/C14H19NO5/c16-8-13(18)11-6-15(7-12(11)17)14(19)20-9-10-4-2-1-3-5-10/h1-5,11-13,16-18H,6-9H2/t11-,12-,13?/m1/s1. The van der Waals surface area contributed by atoms with Crippen molar-refractivity contribution >= 4 is 6.09 Å². The van der Waals surface area contributed by atoms with Crippen LogP contribution in [0.1, 0.15) is 5.56 Å². The van der Waals surface area contributed by atoms with Crippen molar-refractivity contribution in [2.75, 3.05) is 19.7 Å². The first-order valence-corrected chi connectivity index (χ1v) is 6.54. The molecule has 1 heterocycles. The van der Waals surface area contributed by atoms with Crippen molar-refractivity contribution in [2.45, 2.75) is 18.8 Å². The number of aliphatic hydroxyl groups is 3. The van der Waals surface area contributed by atoms with Crippen molar-refractivity contribution in [3.8, 4) is 0 Å². The van der Waals surface area contributed by atoms with Gasteiger partial charge in [-0.15, -0.1) is 0 Å². The van der Waals surface area contributed by atoms with Crippen LogP contribution in [0, 0.1) is 5.92 Å². The van der Waals surface area contributed by atoms with Crippen molar-refractivity contribution < 1.29 is 24.9 Å². The Hall–Kier alpha value is -1.63. The van der Waals surface area contributed by atoms with E-state index in [1.807, 2.05) is 30.3 Å². The van der Waals surface area contributed by atoms with Gasteiger partial charge in [0.2, 0.25) is 0 Å². The second kappa shape index (κ2) is 6.69. The van der Waals surface area contributed by atoms with Crippen LogP contribution in [0.2, 0.25) is 0 Å². The Morgan fingerprint density at radius 1 is 1.35 bits per heavy atom. The number of amides is 1. The first-order chi connectivity index (χ1) is 9.61.